The van der Waals surface area contributed by atoms with Crippen LogP contribution in [-0.4, -0.2) is 36.0 Å². The minimum atomic E-state index is -0.322. The third-order valence-corrected chi connectivity index (χ3v) is 8.48. The molecule has 0 radical (unpaired) electrons. The fourth-order valence-corrected chi connectivity index (χ4v) is 6.13. The Bertz CT molecular complexity index is 1550. The van der Waals surface area contributed by atoms with Gasteiger partial charge in [-0.15, -0.1) is 34.0 Å². The molecule has 11 heteroatoms. The minimum absolute atomic E-state index is 0.322. The average molecular weight is 577 g/mol. The number of rotatable bonds is 8. The van der Waals surface area contributed by atoms with E-state index in [1.54, 1.807) is 26.4 Å². The maximum Gasteiger partial charge on any atom is 0.267 e. The van der Waals surface area contributed by atoms with Crippen molar-refractivity contribution in [2.45, 2.75) is 13.8 Å². The molecule has 198 valence electrons. The molecule has 0 saturated carbocycles. The predicted molar refractivity (Wildman–Crippen MR) is 158 cm³/mol. The summed E-state index contributed by atoms with van der Waals surface area (Å²) >= 11 is 3.78. The number of aromatic nitrogens is 2. The number of thiazole rings is 2. The molecule has 0 atom stereocenters. The van der Waals surface area contributed by atoms with Crippen LogP contribution in [0.15, 0.2) is 59.3 Å². The molecular weight excluding hydrogens is 553 g/mol. The fraction of sp³-hybridized carbons (Fsp3) is 0.143. The molecule has 0 aliphatic carbocycles. The molecule has 2 amide bonds. The lowest BCUT2D eigenvalue weighted by Gasteiger charge is -2.05. The zero-order chi connectivity index (χ0) is 27.5. The van der Waals surface area contributed by atoms with E-state index in [0.29, 0.717) is 20.0 Å². The number of carbonyl (C=O) groups is 2. The van der Waals surface area contributed by atoms with Crippen LogP contribution in [0, 0.1) is 13.8 Å². The molecule has 0 aliphatic rings. The number of carbonyl (C=O) groups excluding carboxylic acids is 2. The van der Waals surface area contributed by atoms with Crippen molar-refractivity contribution in [2.75, 3.05) is 24.9 Å². The number of aryl methyl sites for hydroxylation is 2. The summed E-state index contributed by atoms with van der Waals surface area (Å²) in [7, 11) is 3.27. The minimum Gasteiger partial charge on any atom is -0.496 e. The lowest BCUT2D eigenvalue weighted by molar-refractivity contribution is 0.102. The summed E-state index contributed by atoms with van der Waals surface area (Å²) in [5.41, 5.74) is 5.41. The lowest BCUT2D eigenvalue weighted by atomic mass is 10.1. The van der Waals surface area contributed by atoms with Crippen LogP contribution in [0.5, 0.6) is 11.5 Å². The molecule has 2 aromatic carbocycles. The zero-order valence-corrected chi connectivity index (χ0v) is 24.0. The van der Waals surface area contributed by atoms with Gasteiger partial charge in [-0.25, -0.2) is 9.97 Å². The van der Waals surface area contributed by atoms with Gasteiger partial charge in [-0.1, -0.05) is 0 Å². The third kappa shape index (κ3) is 5.85. The molecule has 39 heavy (non-hydrogen) atoms. The molecule has 0 bridgehead atoms. The Balaban J connectivity index is 1.22. The summed E-state index contributed by atoms with van der Waals surface area (Å²) in [6.07, 6.45) is 0. The number of thiophene rings is 1. The van der Waals surface area contributed by atoms with Gasteiger partial charge in [0.25, 0.3) is 11.8 Å². The van der Waals surface area contributed by atoms with Gasteiger partial charge in [0.15, 0.2) is 10.3 Å². The van der Waals surface area contributed by atoms with Crippen LogP contribution in [-0.2, 0) is 0 Å². The quantitative estimate of drug-likeness (QED) is 0.204. The highest BCUT2D eigenvalue weighted by Crippen LogP contribution is 2.31. The normalized spacial score (nSPS) is 10.8. The maximum absolute atomic E-state index is 12.8. The van der Waals surface area contributed by atoms with Gasteiger partial charge in [-0.3, -0.25) is 20.2 Å². The van der Waals surface area contributed by atoms with E-state index in [9.17, 15) is 9.59 Å². The third-order valence-electron chi connectivity index (χ3n) is 5.88. The zero-order valence-electron chi connectivity index (χ0n) is 21.5. The first-order valence-electron chi connectivity index (χ1n) is 11.8. The number of methoxy groups -OCH3 is 2. The van der Waals surface area contributed by atoms with Crippen molar-refractivity contribution < 1.29 is 19.1 Å². The molecule has 8 nitrogen and oxygen atoms in total. The molecule has 0 unspecified atom stereocenters. The predicted octanol–water partition coefficient (Wildman–Crippen LogP) is 7.13. The first-order valence-corrected chi connectivity index (χ1v) is 14.4. The van der Waals surface area contributed by atoms with Crippen LogP contribution < -0.4 is 20.1 Å². The van der Waals surface area contributed by atoms with Crippen LogP contribution >= 0.6 is 34.0 Å². The van der Waals surface area contributed by atoms with Gasteiger partial charge >= 0.3 is 0 Å². The van der Waals surface area contributed by atoms with Crippen molar-refractivity contribution in [3.63, 3.8) is 0 Å². The van der Waals surface area contributed by atoms with Crippen LogP contribution in [0.1, 0.15) is 30.5 Å². The summed E-state index contributed by atoms with van der Waals surface area (Å²) in [5, 5.41) is 10.4. The van der Waals surface area contributed by atoms with Crippen molar-refractivity contribution in [3.05, 3.63) is 80.2 Å². The molecule has 0 aliphatic heterocycles. The van der Waals surface area contributed by atoms with Crippen LogP contribution in [0.3, 0.4) is 0 Å². The molecule has 0 spiro atoms. The highest BCUT2D eigenvalue weighted by atomic mass is 32.1. The molecule has 0 fully saturated rings. The fourth-order valence-electron chi connectivity index (χ4n) is 3.90. The number of nitrogens with zero attached hydrogens (tertiary/aromatic N) is 2. The Morgan fingerprint density at radius 3 is 1.51 bits per heavy atom. The van der Waals surface area contributed by atoms with E-state index in [0.717, 1.165) is 56.5 Å². The summed E-state index contributed by atoms with van der Waals surface area (Å²) in [6, 6.07) is 14.9. The second-order valence-corrected chi connectivity index (χ2v) is 11.3. The van der Waals surface area contributed by atoms with Crippen molar-refractivity contribution in [1.82, 2.24) is 9.97 Å². The summed E-state index contributed by atoms with van der Waals surface area (Å²) in [5.74, 6) is 0.972. The standard InChI is InChI=1S/C28H24N4O4S3/c1-15-11-17(5-7-21(15)35-3)19-13-37-27(29-19)31-25(33)23-9-10-24(39-23)26(34)32-28-30-20(14-38-28)18-6-8-22(36-4)16(2)12-18/h5-14H,1-4H3,(H,29,31,33)(H,30,32,34). The van der Waals surface area contributed by atoms with Crippen LogP contribution in [0.4, 0.5) is 10.3 Å². The highest BCUT2D eigenvalue weighted by molar-refractivity contribution is 7.17. The SMILES string of the molecule is COc1ccc(-c2csc(NC(=O)c3ccc(C(=O)Nc4nc(-c5ccc(OC)c(C)c5)cs4)s3)n2)cc1C. The van der Waals surface area contributed by atoms with Crippen molar-refractivity contribution in [3.8, 4) is 34.0 Å². The van der Waals surface area contributed by atoms with Crippen molar-refractivity contribution >= 4 is 56.1 Å². The number of benzene rings is 2. The Morgan fingerprint density at radius 1 is 0.692 bits per heavy atom. The topological polar surface area (TPSA) is 102 Å². The maximum atomic E-state index is 12.8. The lowest BCUT2D eigenvalue weighted by Crippen LogP contribution is -2.11. The molecule has 5 aromatic rings. The van der Waals surface area contributed by atoms with E-state index in [1.165, 1.54) is 22.7 Å². The second kappa shape index (κ2) is 11.4. The number of nitrogens with one attached hydrogen (secondary N) is 2. The van der Waals surface area contributed by atoms with Gasteiger partial charge in [-0.2, -0.15) is 0 Å². The first-order chi connectivity index (χ1) is 18.8. The van der Waals surface area contributed by atoms with Gasteiger partial charge in [0.05, 0.1) is 35.4 Å². The second-order valence-electron chi connectivity index (χ2n) is 8.52. The monoisotopic (exact) mass is 576 g/mol. The molecule has 3 heterocycles. The van der Waals surface area contributed by atoms with Gasteiger partial charge in [0, 0.05) is 21.9 Å². The van der Waals surface area contributed by atoms with E-state index in [-0.39, 0.29) is 11.8 Å². The van der Waals surface area contributed by atoms with Gasteiger partial charge in [0.2, 0.25) is 0 Å². The van der Waals surface area contributed by atoms with Crippen LogP contribution in [0.2, 0.25) is 0 Å². The molecular formula is C28H24N4O4S3. The number of amides is 2. The van der Waals surface area contributed by atoms with E-state index < -0.39 is 0 Å². The first kappa shape index (κ1) is 26.5. The Labute approximate surface area is 237 Å². The van der Waals surface area contributed by atoms with Crippen molar-refractivity contribution in [2.24, 2.45) is 0 Å². The number of hydrogen-bond donors (Lipinski definition) is 2. The Hall–Kier alpha value is -4.06. The molecule has 3 aromatic heterocycles. The Morgan fingerprint density at radius 2 is 1.13 bits per heavy atom. The molecule has 5 rings (SSSR count). The van der Waals surface area contributed by atoms with E-state index in [4.69, 9.17) is 9.47 Å². The summed E-state index contributed by atoms with van der Waals surface area (Å²) in [4.78, 5) is 35.5. The van der Waals surface area contributed by atoms with E-state index in [1.807, 2.05) is 61.0 Å². The highest BCUT2D eigenvalue weighted by Gasteiger charge is 2.17. The van der Waals surface area contributed by atoms with Gasteiger partial charge < -0.3 is 9.47 Å². The molecule has 0 saturated heterocycles. The van der Waals surface area contributed by atoms with Gasteiger partial charge in [0.1, 0.15) is 11.5 Å². The largest absolute Gasteiger partial charge is 0.496 e. The number of anilines is 2. The number of ether oxygens (including phenoxy) is 2. The van der Waals surface area contributed by atoms with Crippen LogP contribution in [0.25, 0.3) is 22.5 Å². The van der Waals surface area contributed by atoms with Gasteiger partial charge in [-0.05, 0) is 73.5 Å². The Kier molecular flexibility index (Phi) is 7.73. The summed E-state index contributed by atoms with van der Waals surface area (Å²) < 4.78 is 10.6. The molecule has 2 N–H and O–H groups in total. The van der Waals surface area contributed by atoms with E-state index in [2.05, 4.69) is 20.6 Å². The smallest absolute Gasteiger partial charge is 0.267 e. The average Bonchev–Trinajstić information content (AvgIpc) is 3.70. The van der Waals surface area contributed by atoms with E-state index >= 15 is 0 Å². The summed E-state index contributed by atoms with van der Waals surface area (Å²) in [6.45, 7) is 3.94. The van der Waals surface area contributed by atoms with Crippen molar-refractivity contribution in [1.29, 1.82) is 0 Å². The number of hydrogen-bond acceptors (Lipinski definition) is 9.